The summed E-state index contributed by atoms with van der Waals surface area (Å²) in [6.45, 7) is 11.3. The topological polar surface area (TPSA) is 70.9 Å². The van der Waals surface area contributed by atoms with E-state index in [-0.39, 0.29) is 14.0 Å². The van der Waals surface area contributed by atoms with Gasteiger partial charge in [0.05, 0.1) is 0 Å². The molecule has 2 N–H and O–H groups in total. The highest BCUT2D eigenvalue weighted by atomic mass is 16.2. The van der Waals surface area contributed by atoms with Gasteiger partial charge in [0.25, 0.3) is 0 Å². The molecule has 3 aromatic rings. The molecule has 152 valence electrons. The SMILES string of the molecule is C.CCO.Cc1cc(C)c2c(n1)NCCC2.Cc1cc(C)c2cccnc2n1. The molecule has 0 amide bonds. The van der Waals surface area contributed by atoms with Crippen LogP contribution in [-0.2, 0) is 6.42 Å². The van der Waals surface area contributed by atoms with Crippen molar-refractivity contribution in [3.05, 3.63) is 58.5 Å². The highest BCUT2D eigenvalue weighted by Crippen LogP contribution is 2.23. The number of aliphatic hydroxyl groups excluding tert-OH is 1. The lowest BCUT2D eigenvalue weighted by atomic mass is 10.0. The number of anilines is 1. The Morgan fingerprint density at radius 3 is 2.39 bits per heavy atom. The van der Waals surface area contributed by atoms with Gasteiger partial charge in [0.2, 0.25) is 0 Å². The van der Waals surface area contributed by atoms with E-state index in [4.69, 9.17) is 5.11 Å². The second kappa shape index (κ2) is 11.3. The Morgan fingerprint density at radius 2 is 1.68 bits per heavy atom. The number of nitrogens with one attached hydrogen (secondary N) is 1. The van der Waals surface area contributed by atoms with Gasteiger partial charge in [0.15, 0.2) is 5.65 Å². The van der Waals surface area contributed by atoms with E-state index in [0.717, 1.165) is 34.8 Å². The van der Waals surface area contributed by atoms with Crippen LogP contribution in [0.2, 0.25) is 0 Å². The van der Waals surface area contributed by atoms with Crippen molar-refractivity contribution in [3.8, 4) is 0 Å². The zero-order valence-electron chi connectivity index (χ0n) is 17.0. The second-order valence-corrected chi connectivity index (χ2v) is 6.71. The van der Waals surface area contributed by atoms with Crippen molar-refractivity contribution < 1.29 is 5.11 Å². The number of hydrogen-bond donors (Lipinski definition) is 2. The number of aryl methyl sites for hydroxylation is 4. The Kier molecular flexibility index (Phi) is 9.52. The van der Waals surface area contributed by atoms with Crippen LogP contribution >= 0.6 is 0 Å². The monoisotopic (exact) mass is 382 g/mol. The second-order valence-electron chi connectivity index (χ2n) is 6.71. The fourth-order valence-corrected chi connectivity index (χ4v) is 3.18. The van der Waals surface area contributed by atoms with Crippen LogP contribution in [0.3, 0.4) is 0 Å². The Morgan fingerprint density at radius 1 is 1.04 bits per heavy atom. The van der Waals surface area contributed by atoms with Crippen molar-refractivity contribution in [3.63, 3.8) is 0 Å². The maximum absolute atomic E-state index is 7.57. The van der Waals surface area contributed by atoms with E-state index in [9.17, 15) is 0 Å². The molecule has 0 aromatic carbocycles. The van der Waals surface area contributed by atoms with Crippen molar-refractivity contribution in [2.24, 2.45) is 0 Å². The molecule has 3 aromatic heterocycles. The molecule has 28 heavy (non-hydrogen) atoms. The predicted octanol–water partition coefficient (Wildman–Crippen LogP) is 4.94. The van der Waals surface area contributed by atoms with Gasteiger partial charge >= 0.3 is 0 Å². The average molecular weight is 383 g/mol. The molecule has 1 aliphatic rings. The fourth-order valence-electron chi connectivity index (χ4n) is 3.18. The van der Waals surface area contributed by atoms with E-state index in [2.05, 4.69) is 46.2 Å². The minimum absolute atomic E-state index is 0. The lowest BCUT2D eigenvalue weighted by Gasteiger charge is -2.19. The third-order valence-electron chi connectivity index (χ3n) is 4.29. The van der Waals surface area contributed by atoms with Gasteiger partial charge in [0, 0.05) is 36.1 Å². The smallest absolute Gasteiger partial charge is 0.159 e. The van der Waals surface area contributed by atoms with Gasteiger partial charge in [0.1, 0.15) is 5.82 Å². The maximum atomic E-state index is 7.57. The number of rotatable bonds is 0. The van der Waals surface area contributed by atoms with Gasteiger partial charge in [-0.25, -0.2) is 15.0 Å². The third-order valence-corrected chi connectivity index (χ3v) is 4.29. The normalized spacial score (nSPS) is 11.6. The standard InChI is InChI=1S/C10H14N2.C10H10N2.C2H6O.CH4/c2*1-7-6-8(2)12-10-9(7)4-3-5-11-10;1-2-3;/h6H,3-5H2,1-2H3,(H,11,12);3-6H,1-2H3;3H,2H2,1H3;1H4. The third kappa shape index (κ3) is 6.27. The largest absolute Gasteiger partial charge is 0.397 e. The van der Waals surface area contributed by atoms with E-state index in [1.807, 2.05) is 26.0 Å². The molecule has 0 fully saturated rings. The summed E-state index contributed by atoms with van der Waals surface area (Å²) in [5.41, 5.74) is 7.01. The van der Waals surface area contributed by atoms with E-state index in [1.54, 1.807) is 13.1 Å². The van der Waals surface area contributed by atoms with Gasteiger partial charge < -0.3 is 10.4 Å². The molecule has 5 heteroatoms. The van der Waals surface area contributed by atoms with Crippen LogP contribution in [-0.4, -0.2) is 33.2 Å². The maximum Gasteiger partial charge on any atom is 0.159 e. The van der Waals surface area contributed by atoms with Crippen LogP contribution in [0, 0.1) is 27.7 Å². The number of nitrogens with zero attached hydrogens (tertiary/aromatic N) is 3. The predicted molar refractivity (Wildman–Crippen MR) is 119 cm³/mol. The van der Waals surface area contributed by atoms with Crippen LogP contribution in [0.4, 0.5) is 5.82 Å². The number of fused-ring (bicyclic) bond motifs is 2. The van der Waals surface area contributed by atoms with Crippen LogP contribution in [0.25, 0.3) is 11.0 Å². The quantitative estimate of drug-likeness (QED) is 0.576. The highest BCUT2D eigenvalue weighted by molar-refractivity contribution is 5.78. The summed E-state index contributed by atoms with van der Waals surface area (Å²) < 4.78 is 0. The molecule has 0 atom stereocenters. The first-order valence-electron chi connectivity index (χ1n) is 9.47. The van der Waals surface area contributed by atoms with Gasteiger partial charge in [-0.15, -0.1) is 0 Å². The molecule has 4 heterocycles. The van der Waals surface area contributed by atoms with Crippen LogP contribution in [0.5, 0.6) is 0 Å². The Labute approximate surface area is 169 Å². The minimum Gasteiger partial charge on any atom is -0.397 e. The van der Waals surface area contributed by atoms with Crippen molar-refractivity contribution in [2.75, 3.05) is 18.5 Å². The van der Waals surface area contributed by atoms with E-state index >= 15 is 0 Å². The highest BCUT2D eigenvalue weighted by Gasteiger charge is 2.11. The zero-order valence-corrected chi connectivity index (χ0v) is 17.0. The summed E-state index contributed by atoms with van der Waals surface area (Å²) in [6, 6.07) is 8.21. The van der Waals surface area contributed by atoms with Gasteiger partial charge in [-0.2, -0.15) is 0 Å². The molecule has 0 saturated carbocycles. The summed E-state index contributed by atoms with van der Waals surface area (Å²) in [5, 5.41) is 12.0. The van der Waals surface area contributed by atoms with Crippen molar-refractivity contribution in [1.82, 2.24) is 15.0 Å². The molecule has 0 spiro atoms. The molecule has 4 rings (SSSR count). The lowest BCUT2D eigenvalue weighted by molar-refractivity contribution is 0.318. The molecule has 0 radical (unpaired) electrons. The summed E-state index contributed by atoms with van der Waals surface area (Å²) in [7, 11) is 0. The lowest BCUT2D eigenvalue weighted by Crippen LogP contribution is -2.14. The number of hydrogen-bond acceptors (Lipinski definition) is 5. The molecule has 0 unspecified atom stereocenters. The Bertz CT molecular complexity index is 893. The first-order chi connectivity index (χ1) is 13.0. The van der Waals surface area contributed by atoms with E-state index in [1.165, 1.54) is 29.5 Å². The molecule has 0 bridgehead atoms. The number of aromatic nitrogens is 3. The molecule has 0 saturated heterocycles. The van der Waals surface area contributed by atoms with Crippen molar-refractivity contribution >= 4 is 16.9 Å². The zero-order chi connectivity index (χ0) is 19.8. The van der Waals surface area contributed by atoms with E-state index < -0.39 is 0 Å². The van der Waals surface area contributed by atoms with Crippen LogP contribution in [0.1, 0.15) is 48.8 Å². The summed E-state index contributed by atoms with van der Waals surface area (Å²) in [6.07, 6.45) is 4.19. The van der Waals surface area contributed by atoms with Crippen molar-refractivity contribution in [1.29, 1.82) is 0 Å². The Balaban J connectivity index is 0.000000239. The fraction of sp³-hybridized carbons (Fsp3) is 0.435. The summed E-state index contributed by atoms with van der Waals surface area (Å²) in [5.74, 6) is 1.11. The Hall–Kier alpha value is -2.53. The van der Waals surface area contributed by atoms with Gasteiger partial charge in [-0.3, -0.25) is 0 Å². The van der Waals surface area contributed by atoms with Crippen LogP contribution in [0.15, 0.2) is 30.5 Å². The molecule has 1 aliphatic heterocycles. The molecular weight excluding hydrogens is 348 g/mol. The van der Waals surface area contributed by atoms with E-state index in [0.29, 0.717) is 0 Å². The first-order valence-corrected chi connectivity index (χ1v) is 9.47. The summed E-state index contributed by atoms with van der Waals surface area (Å²) >= 11 is 0. The number of aliphatic hydroxyl groups is 1. The molecular formula is C23H34N4O. The van der Waals surface area contributed by atoms with Crippen molar-refractivity contribution in [2.45, 2.75) is 54.9 Å². The van der Waals surface area contributed by atoms with Crippen LogP contribution < -0.4 is 5.32 Å². The number of pyridine rings is 3. The molecule has 0 aliphatic carbocycles. The summed E-state index contributed by atoms with van der Waals surface area (Å²) in [4.78, 5) is 13.0. The van der Waals surface area contributed by atoms with Gasteiger partial charge in [-0.1, -0.05) is 7.43 Å². The minimum atomic E-state index is 0. The van der Waals surface area contributed by atoms with Gasteiger partial charge in [-0.05, 0) is 88.4 Å². The average Bonchev–Trinajstić information content (AvgIpc) is 2.63. The molecule has 5 nitrogen and oxygen atoms in total. The first kappa shape index (κ1) is 23.5.